The van der Waals surface area contributed by atoms with E-state index in [2.05, 4.69) is 10.4 Å². The van der Waals surface area contributed by atoms with E-state index in [9.17, 15) is 14.9 Å². The SMILES string of the molecule is Cn1ncc(CNC(=O)Cc2ccc([N+](=O)[O-])cc2)c1N. The number of nitro groups is 1. The highest BCUT2D eigenvalue weighted by Gasteiger charge is 2.09. The standard InChI is InChI=1S/C13H15N5O3/c1-17-13(14)10(8-16-17)7-15-12(19)6-9-2-4-11(5-3-9)18(20)21/h2-5,8H,6-7,14H2,1H3,(H,15,19). The molecule has 0 saturated heterocycles. The molecule has 0 saturated carbocycles. The lowest BCUT2D eigenvalue weighted by Crippen LogP contribution is -2.24. The van der Waals surface area contributed by atoms with Crippen LogP contribution in [0, 0.1) is 10.1 Å². The van der Waals surface area contributed by atoms with E-state index in [1.807, 2.05) is 0 Å². The zero-order valence-corrected chi connectivity index (χ0v) is 11.4. The number of benzene rings is 1. The van der Waals surface area contributed by atoms with Crippen LogP contribution in [0.2, 0.25) is 0 Å². The van der Waals surface area contributed by atoms with E-state index in [1.54, 1.807) is 25.4 Å². The number of carbonyl (C=O) groups is 1. The highest BCUT2D eigenvalue weighted by atomic mass is 16.6. The molecule has 21 heavy (non-hydrogen) atoms. The predicted octanol–water partition coefficient (Wildman–Crippen LogP) is 0.769. The van der Waals surface area contributed by atoms with Crippen molar-refractivity contribution in [3.63, 3.8) is 0 Å². The van der Waals surface area contributed by atoms with Crippen molar-refractivity contribution in [1.29, 1.82) is 0 Å². The first-order chi connectivity index (χ1) is 9.97. The van der Waals surface area contributed by atoms with Crippen molar-refractivity contribution in [2.75, 3.05) is 5.73 Å². The summed E-state index contributed by atoms with van der Waals surface area (Å²) in [7, 11) is 1.72. The molecule has 0 fully saturated rings. The summed E-state index contributed by atoms with van der Waals surface area (Å²) in [5, 5.41) is 17.2. The molecule has 0 radical (unpaired) electrons. The largest absolute Gasteiger partial charge is 0.384 e. The quantitative estimate of drug-likeness (QED) is 0.623. The number of rotatable bonds is 5. The van der Waals surface area contributed by atoms with Gasteiger partial charge < -0.3 is 11.1 Å². The third-order valence-corrected chi connectivity index (χ3v) is 3.05. The number of nitrogens with two attached hydrogens (primary N) is 1. The van der Waals surface area contributed by atoms with Crippen LogP contribution in [0.3, 0.4) is 0 Å². The van der Waals surface area contributed by atoms with Gasteiger partial charge in [-0.25, -0.2) is 0 Å². The number of anilines is 1. The molecule has 0 spiro atoms. The molecule has 2 aromatic rings. The zero-order valence-electron chi connectivity index (χ0n) is 11.4. The van der Waals surface area contributed by atoms with Crippen molar-refractivity contribution >= 4 is 17.4 Å². The highest BCUT2D eigenvalue weighted by Crippen LogP contribution is 2.12. The number of nitrogens with one attached hydrogen (secondary N) is 1. The monoisotopic (exact) mass is 289 g/mol. The van der Waals surface area contributed by atoms with Gasteiger partial charge in [0.05, 0.1) is 17.5 Å². The number of carbonyl (C=O) groups excluding carboxylic acids is 1. The van der Waals surface area contributed by atoms with Gasteiger partial charge in [-0.3, -0.25) is 19.6 Å². The average Bonchev–Trinajstić information content (AvgIpc) is 2.77. The molecule has 0 unspecified atom stereocenters. The van der Waals surface area contributed by atoms with Gasteiger partial charge in [0.1, 0.15) is 5.82 Å². The molecule has 2 rings (SSSR count). The van der Waals surface area contributed by atoms with Crippen LogP contribution in [0.5, 0.6) is 0 Å². The van der Waals surface area contributed by atoms with Gasteiger partial charge in [0.25, 0.3) is 5.69 Å². The Bertz CT molecular complexity index is 663. The van der Waals surface area contributed by atoms with Crippen molar-refractivity contribution < 1.29 is 9.72 Å². The smallest absolute Gasteiger partial charge is 0.269 e. The number of amides is 1. The fraction of sp³-hybridized carbons (Fsp3) is 0.231. The van der Waals surface area contributed by atoms with E-state index >= 15 is 0 Å². The van der Waals surface area contributed by atoms with Gasteiger partial charge in [0.2, 0.25) is 5.91 Å². The van der Waals surface area contributed by atoms with Crippen LogP contribution in [0.4, 0.5) is 11.5 Å². The van der Waals surface area contributed by atoms with Crippen molar-refractivity contribution in [1.82, 2.24) is 15.1 Å². The van der Waals surface area contributed by atoms with Crippen LogP contribution >= 0.6 is 0 Å². The number of aromatic nitrogens is 2. The second-order valence-corrected chi connectivity index (χ2v) is 4.56. The summed E-state index contributed by atoms with van der Waals surface area (Å²) in [5.74, 6) is 0.317. The summed E-state index contributed by atoms with van der Waals surface area (Å²) in [5.41, 5.74) is 7.22. The third kappa shape index (κ3) is 3.56. The number of aryl methyl sites for hydroxylation is 1. The molecular weight excluding hydrogens is 274 g/mol. The van der Waals surface area contributed by atoms with E-state index in [4.69, 9.17) is 5.73 Å². The number of nitrogen functional groups attached to an aromatic ring is 1. The Morgan fingerprint density at radius 3 is 2.62 bits per heavy atom. The van der Waals surface area contributed by atoms with E-state index in [1.165, 1.54) is 16.8 Å². The van der Waals surface area contributed by atoms with Crippen molar-refractivity contribution in [3.05, 3.63) is 51.7 Å². The van der Waals surface area contributed by atoms with Gasteiger partial charge in [0.15, 0.2) is 0 Å². The number of hydrogen-bond acceptors (Lipinski definition) is 5. The Balaban J connectivity index is 1.89. The van der Waals surface area contributed by atoms with Gasteiger partial charge in [-0.15, -0.1) is 0 Å². The summed E-state index contributed by atoms with van der Waals surface area (Å²) < 4.78 is 1.53. The molecule has 8 nitrogen and oxygen atoms in total. The average molecular weight is 289 g/mol. The summed E-state index contributed by atoms with van der Waals surface area (Å²) in [4.78, 5) is 21.9. The van der Waals surface area contributed by atoms with Gasteiger partial charge >= 0.3 is 0 Å². The molecule has 0 bridgehead atoms. The minimum Gasteiger partial charge on any atom is -0.384 e. The maximum Gasteiger partial charge on any atom is 0.269 e. The van der Waals surface area contributed by atoms with Crippen LogP contribution in [0.15, 0.2) is 30.5 Å². The topological polar surface area (TPSA) is 116 Å². The zero-order chi connectivity index (χ0) is 15.4. The fourth-order valence-electron chi connectivity index (χ4n) is 1.81. The van der Waals surface area contributed by atoms with Crippen LogP contribution in [0.1, 0.15) is 11.1 Å². The summed E-state index contributed by atoms with van der Waals surface area (Å²) in [6.45, 7) is 0.297. The number of nitrogens with zero attached hydrogens (tertiary/aromatic N) is 3. The molecule has 0 aliphatic rings. The molecular formula is C13H15N5O3. The van der Waals surface area contributed by atoms with Gasteiger partial charge in [0, 0.05) is 31.3 Å². The molecule has 1 aromatic heterocycles. The van der Waals surface area contributed by atoms with E-state index in [0.717, 1.165) is 5.56 Å². The minimum absolute atomic E-state index is 0.00212. The van der Waals surface area contributed by atoms with Crippen molar-refractivity contribution in [2.45, 2.75) is 13.0 Å². The maximum atomic E-state index is 11.8. The highest BCUT2D eigenvalue weighted by molar-refractivity contribution is 5.78. The molecule has 8 heteroatoms. The second kappa shape index (κ2) is 6.04. The molecule has 110 valence electrons. The van der Waals surface area contributed by atoms with Crippen molar-refractivity contribution in [3.8, 4) is 0 Å². The van der Waals surface area contributed by atoms with E-state index in [-0.39, 0.29) is 18.0 Å². The number of hydrogen-bond donors (Lipinski definition) is 2. The van der Waals surface area contributed by atoms with Gasteiger partial charge in [-0.2, -0.15) is 5.10 Å². The van der Waals surface area contributed by atoms with Crippen LogP contribution in [-0.2, 0) is 24.8 Å². The lowest BCUT2D eigenvalue weighted by Gasteiger charge is -2.05. The first kappa shape index (κ1) is 14.5. The van der Waals surface area contributed by atoms with Crippen LogP contribution in [-0.4, -0.2) is 20.6 Å². The lowest BCUT2D eigenvalue weighted by atomic mass is 10.1. The Labute approximate surface area is 120 Å². The molecule has 1 aromatic carbocycles. The Kier molecular flexibility index (Phi) is 4.17. The molecule has 0 aliphatic carbocycles. The Morgan fingerprint density at radius 2 is 2.10 bits per heavy atom. The fourth-order valence-corrected chi connectivity index (χ4v) is 1.81. The first-order valence-electron chi connectivity index (χ1n) is 6.23. The minimum atomic E-state index is -0.477. The normalized spacial score (nSPS) is 10.3. The Hall–Kier alpha value is -2.90. The second-order valence-electron chi connectivity index (χ2n) is 4.56. The third-order valence-electron chi connectivity index (χ3n) is 3.05. The molecule has 0 atom stereocenters. The predicted molar refractivity (Wildman–Crippen MR) is 76.3 cm³/mol. The van der Waals surface area contributed by atoms with E-state index < -0.39 is 4.92 Å². The molecule has 3 N–H and O–H groups in total. The summed E-state index contributed by atoms with van der Waals surface area (Å²) in [6, 6.07) is 5.88. The lowest BCUT2D eigenvalue weighted by molar-refractivity contribution is -0.384. The van der Waals surface area contributed by atoms with E-state index in [0.29, 0.717) is 17.9 Å². The van der Waals surface area contributed by atoms with Crippen molar-refractivity contribution in [2.24, 2.45) is 7.05 Å². The maximum absolute atomic E-state index is 11.8. The molecule has 1 heterocycles. The number of non-ortho nitro benzene ring substituents is 1. The van der Waals surface area contributed by atoms with Crippen LogP contribution in [0.25, 0.3) is 0 Å². The molecule has 0 aliphatic heterocycles. The van der Waals surface area contributed by atoms with Gasteiger partial charge in [-0.05, 0) is 5.56 Å². The summed E-state index contributed by atoms with van der Waals surface area (Å²) in [6.07, 6.45) is 1.75. The van der Waals surface area contributed by atoms with Crippen LogP contribution < -0.4 is 11.1 Å². The summed E-state index contributed by atoms with van der Waals surface area (Å²) >= 11 is 0. The Morgan fingerprint density at radius 1 is 1.43 bits per heavy atom. The van der Waals surface area contributed by atoms with Gasteiger partial charge in [-0.1, -0.05) is 12.1 Å². The molecule has 1 amide bonds. The number of nitro benzene ring substituents is 1. The first-order valence-corrected chi connectivity index (χ1v) is 6.23.